The van der Waals surface area contributed by atoms with Crippen LogP contribution in [0.15, 0.2) is 6.20 Å². The Kier molecular flexibility index (Phi) is 5.19. The molecule has 2 rings (SSSR count). The predicted octanol–water partition coefficient (Wildman–Crippen LogP) is 1.89. The van der Waals surface area contributed by atoms with Gasteiger partial charge in [0.25, 0.3) is 0 Å². The highest BCUT2D eigenvalue weighted by atomic mass is 32.1. The summed E-state index contributed by atoms with van der Waals surface area (Å²) in [5, 5.41) is 12.0. The minimum absolute atomic E-state index is 0.0853. The summed E-state index contributed by atoms with van der Waals surface area (Å²) in [5.41, 5.74) is 0. The lowest BCUT2D eigenvalue weighted by molar-refractivity contribution is 0.214. The van der Waals surface area contributed by atoms with Crippen LogP contribution in [0.3, 0.4) is 0 Å². The van der Waals surface area contributed by atoms with Crippen LogP contribution >= 0.6 is 11.3 Å². The Morgan fingerprint density at radius 2 is 2.16 bits per heavy atom. The van der Waals surface area contributed by atoms with Gasteiger partial charge in [0, 0.05) is 13.1 Å². The van der Waals surface area contributed by atoms with Crippen molar-refractivity contribution in [1.82, 2.24) is 9.88 Å². The monoisotopic (exact) mass is 279 g/mol. The number of nitrogens with zero attached hydrogens (tertiary/aromatic N) is 2. The lowest BCUT2D eigenvalue weighted by atomic mass is 10.2. The van der Waals surface area contributed by atoms with E-state index in [2.05, 4.69) is 22.1 Å². The van der Waals surface area contributed by atoms with Crippen LogP contribution in [0, 0.1) is 11.8 Å². The van der Waals surface area contributed by atoms with Gasteiger partial charge in [0.2, 0.25) is 0 Å². The van der Waals surface area contributed by atoms with E-state index in [9.17, 15) is 4.79 Å². The summed E-state index contributed by atoms with van der Waals surface area (Å²) >= 11 is 1.32. The Balaban J connectivity index is 1.92. The number of amides is 2. The maximum absolute atomic E-state index is 12.0. The Morgan fingerprint density at radius 1 is 1.42 bits per heavy atom. The van der Waals surface area contributed by atoms with E-state index in [4.69, 9.17) is 5.11 Å². The number of urea groups is 1. The van der Waals surface area contributed by atoms with E-state index in [1.54, 1.807) is 6.20 Å². The summed E-state index contributed by atoms with van der Waals surface area (Å²) in [7, 11) is 0. The minimum Gasteiger partial charge on any atom is -0.384 e. The lowest BCUT2D eigenvalue weighted by Crippen LogP contribution is -2.35. The molecular weight excluding hydrogens is 262 g/mol. The Hall–Kier alpha value is -1.58. The highest BCUT2D eigenvalue weighted by molar-refractivity contribution is 7.16. The van der Waals surface area contributed by atoms with Gasteiger partial charge < -0.3 is 10.0 Å². The molecule has 1 aliphatic rings. The van der Waals surface area contributed by atoms with Crippen molar-refractivity contribution < 1.29 is 9.90 Å². The zero-order chi connectivity index (χ0) is 13.5. The molecule has 0 atom stereocenters. The van der Waals surface area contributed by atoms with Crippen LogP contribution in [0.1, 0.15) is 30.6 Å². The van der Waals surface area contributed by atoms with Crippen molar-refractivity contribution in [3.05, 3.63) is 11.1 Å². The second-order valence-corrected chi connectivity index (χ2v) is 5.35. The topological polar surface area (TPSA) is 65.5 Å². The van der Waals surface area contributed by atoms with Crippen molar-refractivity contribution in [2.75, 3.05) is 25.0 Å². The average molecular weight is 279 g/mol. The number of aromatic nitrogens is 1. The zero-order valence-corrected chi connectivity index (χ0v) is 11.5. The summed E-state index contributed by atoms with van der Waals surface area (Å²) in [6.07, 6.45) is 6.13. The van der Waals surface area contributed by atoms with Gasteiger partial charge in [-0.2, -0.15) is 0 Å². The predicted molar refractivity (Wildman–Crippen MR) is 75.1 cm³/mol. The van der Waals surface area contributed by atoms with Gasteiger partial charge in [-0.1, -0.05) is 36.0 Å². The second kappa shape index (κ2) is 7.12. The van der Waals surface area contributed by atoms with E-state index in [0.717, 1.165) is 30.8 Å². The fraction of sp³-hybridized carbons (Fsp3) is 0.538. The number of likely N-dealkylation sites (tertiary alicyclic amines) is 1. The number of carbonyl (C=O) groups is 1. The zero-order valence-electron chi connectivity index (χ0n) is 10.7. The Labute approximate surface area is 116 Å². The van der Waals surface area contributed by atoms with Gasteiger partial charge in [0.05, 0.1) is 11.1 Å². The summed E-state index contributed by atoms with van der Waals surface area (Å²) in [6.45, 7) is 1.45. The molecule has 0 aliphatic carbocycles. The van der Waals surface area contributed by atoms with Crippen LogP contribution in [0.2, 0.25) is 0 Å². The van der Waals surface area contributed by atoms with Crippen LogP contribution in [-0.4, -0.2) is 40.7 Å². The van der Waals surface area contributed by atoms with Crippen molar-refractivity contribution in [1.29, 1.82) is 0 Å². The van der Waals surface area contributed by atoms with E-state index >= 15 is 0 Å². The summed E-state index contributed by atoms with van der Waals surface area (Å²) in [6, 6.07) is -0.0853. The highest BCUT2D eigenvalue weighted by Crippen LogP contribution is 2.18. The van der Waals surface area contributed by atoms with E-state index in [1.165, 1.54) is 24.2 Å². The van der Waals surface area contributed by atoms with Crippen molar-refractivity contribution in [3.63, 3.8) is 0 Å². The maximum atomic E-state index is 12.0. The first-order chi connectivity index (χ1) is 9.29. The molecule has 1 aliphatic heterocycles. The molecule has 19 heavy (non-hydrogen) atoms. The third-order valence-corrected chi connectivity index (χ3v) is 3.73. The molecule has 0 saturated carbocycles. The average Bonchev–Trinajstić information content (AvgIpc) is 2.68. The quantitative estimate of drug-likeness (QED) is 0.772. The van der Waals surface area contributed by atoms with Gasteiger partial charge >= 0.3 is 6.03 Å². The van der Waals surface area contributed by atoms with Crippen molar-refractivity contribution >= 4 is 22.5 Å². The summed E-state index contributed by atoms with van der Waals surface area (Å²) in [5.74, 6) is 5.32. The molecule has 0 aromatic carbocycles. The molecule has 102 valence electrons. The summed E-state index contributed by atoms with van der Waals surface area (Å²) in [4.78, 5) is 18.7. The van der Waals surface area contributed by atoms with Gasteiger partial charge in [0.15, 0.2) is 5.13 Å². The number of aliphatic hydroxyl groups is 1. The van der Waals surface area contributed by atoms with Crippen molar-refractivity contribution in [2.45, 2.75) is 25.7 Å². The molecule has 1 fully saturated rings. The van der Waals surface area contributed by atoms with Gasteiger partial charge in [-0.05, 0) is 12.8 Å². The molecule has 5 nitrogen and oxygen atoms in total. The SMILES string of the molecule is O=C(Nc1ncc(C#CCO)s1)N1CCCCCC1. The largest absolute Gasteiger partial charge is 0.384 e. The molecule has 1 aromatic rings. The number of thiazole rings is 1. The maximum Gasteiger partial charge on any atom is 0.323 e. The molecular formula is C13H17N3O2S. The first-order valence-corrected chi connectivity index (χ1v) is 7.23. The second-order valence-electron chi connectivity index (χ2n) is 4.32. The van der Waals surface area contributed by atoms with Gasteiger partial charge in [0.1, 0.15) is 6.61 Å². The number of nitrogens with one attached hydrogen (secondary N) is 1. The number of hydrogen-bond acceptors (Lipinski definition) is 4. The summed E-state index contributed by atoms with van der Waals surface area (Å²) < 4.78 is 0. The Bertz CT molecular complexity index is 482. The number of rotatable bonds is 1. The molecule has 6 heteroatoms. The van der Waals surface area contributed by atoms with E-state index in [0.29, 0.717) is 5.13 Å². The molecule has 0 radical (unpaired) electrons. The fourth-order valence-corrected chi connectivity index (χ4v) is 2.64. The number of carbonyl (C=O) groups excluding carboxylic acids is 1. The van der Waals surface area contributed by atoms with E-state index in [1.807, 2.05) is 4.90 Å². The normalized spacial score (nSPS) is 15.3. The van der Waals surface area contributed by atoms with E-state index in [-0.39, 0.29) is 12.6 Å². The molecule has 2 N–H and O–H groups in total. The number of anilines is 1. The number of aliphatic hydroxyl groups excluding tert-OH is 1. The van der Waals surface area contributed by atoms with Crippen molar-refractivity contribution in [2.24, 2.45) is 0 Å². The molecule has 0 unspecified atom stereocenters. The third kappa shape index (κ3) is 4.23. The van der Waals surface area contributed by atoms with Crippen LogP contribution < -0.4 is 5.32 Å². The van der Waals surface area contributed by atoms with Crippen LogP contribution in [0.5, 0.6) is 0 Å². The minimum atomic E-state index is -0.173. The smallest absolute Gasteiger partial charge is 0.323 e. The third-order valence-electron chi connectivity index (χ3n) is 2.90. The molecule has 0 bridgehead atoms. The van der Waals surface area contributed by atoms with Gasteiger partial charge in [-0.15, -0.1) is 0 Å². The van der Waals surface area contributed by atoms with Crippen LogP contribution in [-0.2, 0) is 0 Å². The first-order valence-electron chi connectivity index (χ1n) is 6.41. The van der Waals surface area contributed by atoms with Gasteiger partial charge in [-0.25, -0.2) is 9.78 Å². The van der Waals surface area contributed by atoms with E-state index < -0.39 is 0 Å². The fourth-order valence-electron chi connectivity index (χ4n) is 1.96. The molecule has 1 aromatic heterocycles. The molecule has 2 heterocycles. The highest BCUT2D eigenvalue weighted by Gasteiger charge is 2.16. The molecule has 0 spiro atoms. The molecule has 1 saturated heterocycles. The standard InChI is InChI=1S/C13H17N3O2S/c17-9-5-6-11-10-14-12(19-11)15-13(18)16-7-3-1-2-4-8-16/h10,17H,1-4,7-9H2,(H,14,15,18). The first kappa shape index (κ1) is 13.8. The van der Waals surface area contributed by atoms with Crippen LogP contribution in [0.4, 0.5) is 9.93 Å². The Morgan fingerprint density at radius 3 is 2.84 bits per heavy atom. The lowest BCUT2D eigenvalue weighted by Gasteiger charge is -2.19. The number of hydrogen-bond donors (Lipinski definition) is 2. The molecule has 2 amide bonds. The van der Waals surface area contributed by atoms with Gasteiger partial charge in [-0.3, -0.25) is 5.32 Å². The van der Waals surface area contributed by atoms with Crippen LogP contribution in [0.25, 0.3) is 0 Å². The van der Waals surface area contributed by atoms with Crippen molar-refractivity contribution in [3.8, 4) is 11.8 Å².